The molecular formula is C12H24N4O3. The molecule has 0 saturated heterocycles. The molecule has 0 aliphatic rings. The third-order valence-corrected chi connectivity index (χ3v) is 2.51. The van der Waals surface area contributed by atoms with Crippen molar-refractivity contribution in [3.63, 3.8) is 0 Å². The summed E-state index contributed by atoms with van der Waals surface area (Å²) in [5.41, 5.74) is 0.915. The van der Waals surface area contributed by atoms with Crippen molar-refractivity contribution in [3.8, 4) is 0 Å². The van der Waals surface area contributed by atoms with Crippen LogP contribution in [0, 0.1) is 0 Å². The molecule has 7 heteroatoms. The molecule has 1 aromatic rings. The van der Waals surface area contributed by atoms with E-state index in [9.17, 15) is 0 Å². The summed E-state index contributed by atoms with van der Waals surface area (Å²) in [5, 5.41) is 20.0. The van der Waals surface area contributed by atoms with Gasteiger partial charge in [-0.1, -0.05) is 5.21 Å². The number of nitrogens with zero attached hydrogens (tertiary/aromatic N) is 3. The van der Waals surface area contributed by atoms with Crippen molar-refractivity contribution in [1.82, 2.24) is 20.3 Å². The van der Waals surface area contributed by atoms with Gasteiger partial charge in [0.15, 0.2) is 0 Å². The number of hydrogen-bond acceptors (Lipinski definition) is 6. The van der Waals surface area contributed by atoms with Crippen molar-refractivity contribution < 1.29 is 14.6 Å². The second kappa shape index (κ2) is 10.9. The van der Waals surface area contributed by atoms with Gasteiger partial charge in [-0.15, -0.1) is 5.10 Å². The Morgan fingerprint density at radius 2 is 2.21 bits per heavy atom. The van der Waals surface area contributed by atoms with Crippen LogP contribution in [0.15, 0.2) is 6.20 Å². The average Bonchev–Trinajstić information content (AvgIpc) is 2.87. The van der Waals surface area contributed by atoms with Gasteiger partial charge in [0.1, 0.15) is 0 Å². The van der Waals surface area contributed by atoms with E-state index in [1.165, 1.54) is 0 Å². The summed E-state index contributed by atoms with van der Waals surface area (Å²) in [5.74, 6) is 0. The fraction of sp³-hybridized carbons (Fsp3) is 0.833. The maximum absolute atomic E-state index is 8.72. The topological polar surface area (TPSA) is 81.4 Å². The molecule has 0 aliphatic heterocycles. The van der Waals surface area contributed by atoms with E-state index in [4.69, 9.17) is 14.6 Å². The molecule has 0 atom stereocenters. The number of aryl methyl sites for hydroxylation is 1. The third kappa shape index (κ3) is 7.89. The first-order chi connectivity index (χ1) is 9.36. The molecule has 0 amide bonds. The molecule has 7 nitrogen and oxygen atoms in total. The molecule has 0 fully saturated rings. The molecule has 1 aromatic heterocycles. The lowest BCUT2D eigenvalue weighted by Gasteiger charge is -2.04. The lowest BCUT2D eigenvalue weighted by atomic mass is 10.4. The first-order valence-electron chi connectivity index (χ1n) is 6.64. The van der Waals surface area contributed by atoms with Gasteiger partial charge in [0.25, 0.3) is 0 Å². The number of hydrogen-bond donors (Lipinski definition) is 2. The normalized spacial score (nSPS) is 11.1. The van der Waals surface area contributed by atoms with Crippen LogP contribution in [0.1, 0.15) is 18.5 Å². The zero-order valence-electron chi connectivity index (χ0n) is 11.5. The second-order valence-corrected chi connectivity index (χ2v) is 4.19. The Balaban J connectivity index is 1.98. The Hall–Kier alpha value is -1.02. The Bertz CT molecular complexity index is 320. The zero-order valence-corrected chi connectivity index (χ0v) is 11.5. The van der Waals surface area contributed by atoms with Gasteiger partial charge in [0.2, 0.25) is 0 Å². The van der Waals surface area contributed by atoms with Crippen LogP contribution in [0.4, 0.5) is 0 Å². The van der Waals surface area contributed by atoms with Crippen LogP contribution in [0.25, 0.3) is 0 Å². The largest absolute Gasteiger partial charge is 0.396 e. The molecule has 110 valence electrons. The van der Waals surface area contributed by atoms with Gasteiger partial charge in [-0.25, -0.2) is 0 Å². The number of rotatable bonds is 12. The Kier molecular flexibility index (Phi) is 9.17. The summed E-state index contributed by atoms with van der Waals surface area (Å²) < 4.78 is 12.0. The number of aromatic nitrogens is 3. The highest BCUT2D eigenvalue weighted by molar-refractivity contribution is 4.91. The summed E-state index contributed by atoms with van der Waals surface area (Å²) >= 11 is 0. The number of ether oxygens (including phenoxy) is 2. The number of nitrogens with one attached hydrogen (secondary N) is 1. The first-order valence-corrected chi connectivity index (χ1v) is 6.64. The smallest absolute Gasteiger partial charge is 0.0964 e. The minimum Gasteiger partial charge on any atom is -0.396 e. The van der Waals surface area contributed by atoms with Gasteiger partial charge in [-0.3, -0.25) is 4.68 Å². The number of aliphatic hydroxyl groups excluding tert-OH is 1. The van der Waals surface area contributed by atoms with Crippen LogP contribution in [-0.4, -0.2) is 60.2 Å². The molecule has 0 unspecified atom stereocenters. The van der Waals surface area contributed by atoms with E-state index in [-0.39, 0.29) is 6.61 Å². The zero-order chi connectivity index (χ0) is 13.8. The predicted octanol–water partition coefficient (Wildman–Crippen LogP) is -0.197. The quantitative estimate of drug-likeness (QED) is 0.513. The van der Waals surface area contributed by atoms with Gasteiger partial charge in [-0.2, -0.15) is 0 Å². The van der Waals surface area contributed by atoms with E-state index >= 15 is 0 Å². The molecule has 0 aliphatic carbocycles. The molecule has 0 aromatic carbocycles. The van der Waals surface area contributed by atoms with Crippen molar-refractivity contribution in [2.45, 2.75) is 25.9 Å². The molecule has 1 rings (SSSR count). The molecule has 2 N–H and O–H groups in total. The van der Waals surface area contributed by atoms with Gasteiger partial charge in [0, 0.05) is 39.6 Å². The molecule has 0 spiro atoms. The summed E-state index contributed by atoms with van der Waals surface area (Å²) in [6.45, 7) is 4.50. The van der Waals surface area contributed by atoms with Crippen LogP contribution in [0.2, 0.25) is 0 Å². The summed E-state index contributed by atoms with van der Waals surface area (Å²) in [4.78, 5) is 0. The van der Waals surface area contributed by atoms with Gasteiger partial charge >= 0.3 is 0 Å². The fourth-order valence-corrected chi connectivity index (χ4v) is 1.52. The standard InChI is InChI=1S/C12H24N4O3/c1-18-8-9-19-7-2-4-13-10-12-11-16(15-14-12)5-3-6-17/h11,13,17H,2-10H2,1H3. The summed E-state index contributed by atoms with van der Waals surface area (Å²) in [7, 11) is 1.67. The molecule has 0 radical (unpaired) electrons. The van der Waals surface area contributed by atoms with Gasteiger partial charge in [-0.05, 0) is 19.4 Å². The fourth-order valence-electron chi connectivity index (χ4n) is 1.52. The van der Waals surface area contributed by atoms with Crippen molar-refractivity contribution >= 4 is 0 Å². The highest BCUT2D eigenvalue weighted by Crippen LogP contribution is 1.94. The van der Waals surface area contributed by atoms with E-state index in [0.717, 1.165) is 25.3 Å². The highest BCUT2D eigenvalue weighted by atomic mass is 16.5. The van der Waals surface area contributed by atoms with Crippen LogP contribution in [0.5, 0.6) is 0 Å². The van der Waals surface area contributed by atoms with Crippen molar-refractivity contribution in [2.24, 2.45) is 0 Å². The minimum absolute atomic E-state index is 0.177. The molecule has 0 saturated carbocycles. The second-order valence-electron chi connectivity index (χ2n) is 4.19. The number of methoxy groups -OCH3 is 1. The lowest BCUT2D eigenvalue weighted by Crippen LogP contribution is -2.17. The van der Waals surface area contributed by atoms with Crippen LogP contribution >= 0.6 is 0 Å². The van der Waals surface area contributed by atoms with Crippen LogP contribution in [0.3, 0.4) is 0 Å². The summed E-state index contributed by atoms with van der Waals surface area (Å²) in [6, 6.07) is 0. The van der Waals surface area contributed by atoms with E-state index in [2.05, 4.69) is 15.6 Å². The first kappa shape index (κ1) is 16.0. The van der Waals surface area contributed by atoms with Crippen LogP contribution < -0.4 is 5.32 Å². The van der Waals surface area contributed by atoms with E-state index < -0.39 is 0 Å². The maximum atomic E-state index is 8.72. The van der Waals surface area contributed by atoms with E-state index in [0.29, 0.717) is 32.7 Å². The van der Waals surface area contributed by atoms with Crippen molar-refractivity contribution in [3.05, 3.63) is 11.9 Å². The third-order valence-electron chi connectivity index (χ3n) is 2.51. The van der Waals surface area contributed by atoms with Crippen LogP contribution in [-0.2, 0) is 22.6 Å². The van der Waals surface area contributed by atoms with Crippen molar-refractivity contribution in [2.75, 3.05) is 40.1 Å². The minimum atomic E-state index is 0.177. The number of aliphatic hydroxyl groups is 1. The lowest BCUT2D eigenvalue weighted by molar-refractivity contribution is 0.0694. The average molecular weight is 272 g/mol. The monoisotopic (exact) mass is 272 g/mol. The van der Waals surface area contributed by atoms with E-state index in [1.807, 2.05) is 6.20 Å². The Morgan fingerprint density at radius 3 is 3.00 bits per heavy atom. The van der Waals surface area contributed by atoms with Crippen molar-refractivity contribution in [1.29, 1.82) is 0 Å². The summed E-state index contributed by atoms with van der Waals surface area (Å²) in [6.07, 6.45) is 3.56. The molecule has 19 heavy (non-hydrogen) atoms. The Morgan fingerprint density at radius 1 is 1.32 bits per heavy atom. The Labute approximate surface area is 113 Å². The highest BCUT2D eigenvalue weighted by Gasteiger charge is 1.99. The SMILES string of the molecule is COCCOCCCNCc1cn(CCCO)nn1. The molecular weight excluding hydrogens is 248 g/mol. The van der Waals surface area contributed by atoms with E-state index in [1.54, 1.807) is 11.8 Å². The van der Waals surface area contributed by atoms with Gasteiger partial charge < -0.3 is 19.9 Å². The maximum Gasteiger partial charge on any atom is 0.0964 e. The van der Waals surface area contributed by atoms with Gasteiger partial charge in [0.05, 0.1) is 18.9 Å². The predicted molar refractivity (Wildman–Crippen MR) is 70.7 cm³/mol. The molecule has 0 bridgehead atoms. The molecule has 1 heterocycles.